The summed E-state index contributed by atoms with van der Waals surface area (Å²) in [4.78, 5) is 26.4. The van der Waals surface area contributed by atoms with Gasteiger partial charge in [0.05, 0.1) is 11.6 Å². The van der Waals surface area contributed by atoms with Crippen molar-refractivity contribution in [3.8, 4) is 0 Å². The van der Waals surface area contributed by atoms with E-state index in [-0.39, 0.29) is 24.2 Å². The van der Waals surface area contributed by atoms with E-state index in [1.54, 1.807) is 4.90 Å². The highest BCUT2D eigenvalue weighted by Gasteiger charge is 2.35. The summed E-state index contributed by atoms with van der Waals surface area (Å²) < 4.78 is 40.5. The Morgan fingerprint density at radius 3 is 2.04 bits per heavy atom. The molecule has 0 aromatic heterocycles. The van der Waals surface area contributed by atoms with E-state index in [4.69, 9.17) is 5.73 Å². The SMILES string of the molecule is CC(C)(C)[C@H](N)C(=O)N1CCC(C(=O)c2c(F)cc(F)cc2F)CC1. The number of benzene rings is 1. The maximum absolute atomic E-state index is 13.8. The largest absolute Gasteiger partial charge is 0.341 e. The first-order chi connectivity index (χ1) is 11.5. The van der Waals surface area contributed by atoms with E-state index in [9.17, 15) is 22.8 Å². The topological polar surface area (TPSA) is 63.4 Å². The second-order valence-electron chi connectivity index (χ2n) is 7.55. The molecule has 25 heavy (non-hydrogen) atoms. The first-order valence-electron chi connectivity index (χ1n) is 8.25. The molecule has 1 aliphatic heterocycles. The molecule has 0 saturated carbocycles. The minimum atomic E-state index is -1.20. The molecular weight excluding hydrogens is 333 g/mol. The quantitative estimate of drug-likeness (QED) is 0.847. The predicted octanol–water partition coefficient (Wildman–Crippen LogP) is 2.90. The van der Waals surface area contributed by atoms with Crippen molar-refractivity contribution in [3.63, 3.8) is 0 Å². The van der Waals surface area contributed by atoms with Gasteiger partial charge in [0.15, 0.2) is 5.78 Å². The van der Waals surface area contributed by atoms with Crippen molar-refractivity contribution >= 4 is 11.7 Å². The van der Waals surface area contributed by atoms with Gasteiger partial charge in [-0.2, -0.15) is 0 Å². The summed E-state index contributed by atoms with van der Waals surface area (Å²) in [6.07, 6.45) is 0.579. The number of Topliss-reactive ketones (excluding diaryl/α,β-unsaturated/α-hetero) is 1. The van der Waals surface area contributed by atoms with Gasteiger partial charge in [-0.25, -0.2) is 13.2 Å². The van der Waals surface area contributed by atoms with Crippen LogP contribution in [-0.4, -0.2) is 35.7 Å². The fourth-order valence-electron chi connectivity index (χ4n) is 2.91. The van der Waals surface area contributed by atoms with Gasteiger partial charge in [-0.1, -0.05) is 20.8 Å². The smallest absolute Gasteiger partial charge is 0.240 e. The lowest BCUT2D eigenvalue weighted by Crippen LogP contribution is -2.52. The molecule has 0 unspecified atom stereocenters. The number of halogens is 3. The second-order valence-corrected chi connectivity index (χ2v) is 7.55. The van der Waals surface area contributed by atoms with Crippen LogP contribution in [0, 0.1) is 28.8 Å². The van der Waals surface area contributed by atoms with Gasteiger partial charge in [-0.15, -0.1) is 0 Å². The summed E-state index contributed by atoms with van der Waals surface area (Å²) >= 11 is 0. The molecule has 0 bridgehead atoms. The van der Waals surface area contributed by atoms with Crippen molar-refractivity contribution < 1.29 is 22.8 Å². The summed E-state index contributed by atoms with van der Waals surface area (Å²) in [7, 11) is 0. The van der Waals surface area contributed by atoms with Gasteiger partial charge in [0.1, 0.15) is 17.5 Å². The van der Waals surface area contributed by atoms with Crippen LogP contribution in [0.15, 0.2) is 12.1 Å². The van der Waals surface area contributed by atoms with E-state index >= 15 is 0 Å². The van der Waals surface area contributed by atoms with Crippen LogP contribution in [0.3, 0.4) is 0 Å². The molecule has 0 radical (unpaired) electrons. The first kappa shape index (κ1) is 19.4. The number of rotatable bonds is 3. The van der Waals surface area contributed by atoms with E-state index in [0.717, 1.165) is 0 Å². The Kier molecular flexibility index (Phi) is 5.56. The molecular formula is C18H23F3N2O2. The fraction of sp³-hybridized carbons (Fsp3) is 0.556. The average molecular weight is 356 g/mol. The van der Waals surface area contributed by atoms with E-state index in [0.29, 0.717) is 25.2 Å². The minimum absolute atomic E-state index is 0.197. The number of nitrogens with two attached hydrogens (primary N) is 1. The highest BCUT2D eigenvalue weighted by molar-refractivity contribution is 5.98. The zero-order valence-corrected chi connectivity index (χ0v) is 14.6. The van der Waals surface area contributed by atoms with Crippen molar-refractivity contribution in [1.29, 1.82) is 0 Å². The van der Waals surface area contributed by atoms with Gasteiger partial charge in [0.25, 0.3) is 0 Å². The Morgan fingerprint density at radius 1 is 1.12 bits per heavy atom. The number of ketones is 1. The molecule has 1 heterocycles. The Balaban J connectivity index is 2.05. The number of carbonyl (C=O) groups is 2. The summed E-state index contributed by atoms with van der Waals surface area (Å²) in [5, 5.41) is 0. The fourth-order valence-corrected chi connectivity index (χ4v) is 2.91. The van der Waals surface area contributed by atoms with Gasteiger partial charge in [-0.05, 0) is 18.3 Å². The molecule has 1 aromatic rings. The summed E-state index contributed by atoms with van der Waals surface area (Å²) in [5.74, 6) is -4.96. The number of piperidine rings is 1. The van der Waals surface area contributed by atoms with E-state index in [2.05, 4.69) is 0 Å². The molecule has 0 aliphatic carbocycles. The third kappa shape index (κ3) is 4.21. The summed E-state index contributed by atoms with van der Waals surface area (Å²) in [6, 6.07) is 0.334. The van der Waals surface area contributed by atoms with Gasteiger partial charge >= 0.3 is 0 Å². The van der Waals surface area contributed by atoms with Gasteiger partial charge in [0.2, 0.25) is 5.91 Å². The van der Waals surface area contributed by atoms with Crippen molar-refractivity contribution in [2.45, 2.75) is 39.7 Å². The second kappa shape index (κ2) is 7.15. The third-order valence-corrected chi connectivity index (χ3v) is 4.63. The minimum Gasteiger partial charge on any atom is -0.341 e. The van der Waals surface area contributed by atoms with E-state index < -0.39 is 40.8 Å². The molecule has 138 valence electrons. The molecule has 1 amide bonds. The molecule has 2 rings (SSSR count). The van der Waals surface area contributed by atoms with Crippen molar-refractivity contribution in [3.05, 3.63) is 35.1 Å². The van der Waals surface area contributed by atoms with Crippen molar-refractivity contribution in [2.24, 2.45) is 17.1 Å². The number of hydrogen-bond acceptors (Lipinski definition) is 3. The lowest BCUT2D eigenvalue weighted by Gasteiger charge is -2.36. The zero-order valence-electron chi connectivity index (χ0n) is 14.6. The molecule has 1 atom stereocenters. The number of carbonyl (C=O) groups excluding carboxylic acids is 2. The summed E-state index contributed by atoms with van der Waals surface area (Å²) in [6.45, 7) is 6.19. The number of hydrogen-bond donors (Lipinski definition) is 1. The molecule has 1 aromatic carbocycles. The molecule has 4 nitrogen and oxygen atoms in total. The molecule has 7 heteroatoms. The molecule has 2 N–H and O–H groups in total. The van der Waals surface area contributed by atoms with Crippen LogP contribution < -0.4 is 5.73 Å². The lowest BCUT2D eigenvalue weighted by molar-refractivity contribution is -0.136. The van der Waals surface area contributed by atoms with Crippen LogP contribution in [0.25, 0.3) is 0 Å². The van der Waals surface area contributed by atoms with Crippen LogP contribution in [0.1, 0.15) is 44.0 Å². The van der Waals surface area contributed by atoms with Crippen LogP contribution in [0.4, 0.5) is 13.2 Å². The van der Waals surface area contributed by atoms with E-state index in [1.165, 1.54) is 0 Å². The number of amides is 1. The first-order valence-corrected chi connectivity index (χ1v) is 8.25. The molecule has 1 fully saturated rings. The van der Waals surface area contributed by atoms with Crippen LogP contribution in [0.5, 0.6) is 0 Å². The Labute approximate surface area is 145 Å². The molecule has 1 saturated heterocycles. The maximum atomic E-state index is 13.8. The summed E-state index contributed by atoms with van der Waals surface area (Å²) in [5.41, 5.74) is 4.88. The molecule has 1 aliphatic rings. The lowest BCUT2D eigenvalue weighted by atomic mass is 9.84. The molecule has 0 spiro atoms. The van der Waals surface area contributed by atoms with Crippen molar-refractivity contribution in [2.75, 3.05) is 13.1 Å². The maximum Gasteiger partial charge on any atom is 0.240 e. The van der Waals surface area contributed by atoms with Crippen molar-refractivity contribution in [1.82, 2.24) is 4.90 Å². The Hall–Kier alpha value is -1.89. The predicted molar refractivity (Wildman–Crippen MR) is 87.4 cm³/mol. The third-order valence-electron chi connectivity index (χ3n) is 4.63. The highest BCUT2D eigenvalue weighted by atomic mass is 19.1. The van der Waals surface area contributed by atoms with Crippen LogP contribution in [0.2, 0.25) is 0 Å². The number of likely N-dealkylation sites (tertiary alicyclic amines) is 1. The normalized spacial score (nSPS) is 17.5. The van der Waals surface area contributed by atoms with Gasteiger partial charge in [-0.3, -0.25) is 9.59 Å². The number of nitrogens with zero attached hydrogens (tertiary/aromatic N) is 1. The Bertz CT molecular complexity index is 654. The van der Waals surface area contributed by atoms with Crippen LogP contribution in [-0.2, 0) is 4.79 Å². The average Bonchev–Trinajstić information content (AvgIpc) is 2.51. The standard InChI is InChI=1S/C18H23F3N2O2/c1-18(2,3)16(22)17(25)23-6-4-10(5-7-23)15(24)14-12(20)8-11(19)9-13(14)21/h8-10,16H,4-7,22H2,1-3H3/t16-/m1/s1. The zero-order chi connectivity index (χ0) is 18.9. The van der Waals surface area contributed by atoms with E-state index in [1.807, 2.05) is 20.8 Å². The van der Waals surface area contributed by atoms with Crippen LogP contribution >= 0.6 is 0 Å². The Morgan fingerprint density at radius 2 is 1.60 bits per heavy atom. The van der Waals surface area contributed by atoms with Gasteiger partial charge < -0.3 is 10.6 Å². The highest BCUT2D eigenvalue weighted by Crippen LogP contribution is 2.27. The monoisotopic (exact) mass is 356 g/mol. The van der Waals surface area contributed by atoms with Gasteiger partial charge in [0, 0.05) is 31.1 Å².